The molecule has 7 nitrogen and oxygen atoms in total. The highest BCUT2D eigenvalue weighted by atomic mass is 32.2. The van der Waals surface area contributed by atoms with Crippen LogP contribution in [0.3, 0.4) is 0 Å². The Morgan fingerprint density at radius 3 is 2.92 bits per heavy atom. The maximum Gasteiger partial charge on any atom is 0.293 e. The summed E-state index contributed by atoms with van der Waals surface area (Å²) in [6.45, 7) is 2.52. The van der Waals surface area contributed by atoms with Crippen LogP contribution >= 0.6 is 11.8 Å². The summed E-state index contributed by atoms with van der Waals surface area (Å²) in [5.74, 6) is 0.850. The monoisotopic (exact) mass is 362 g/mol. The van der Waals surface area contributed by atoms with Gasteiger partial charge in [-0.25, -0.2) is 0 Å². The smallest absolute Gasteiger partial charge is 0.293 e. The zero-order chi connectivity index (χ0) is 17.8. The Balaban J connectivity index is 1.63. The van der Waals surface area contributed by atoms with Crippen molar-refractivity contribution in [1.29, 1.82) is 0 Å². The summed E-state index contributed by atoms with van der Waals surface area (Å²) in [7, 11) is 0. The van der Waals surface area contributed by atoms with E-state index in [1.807, 2.05) is 6.92 Å². The molecule has 1 fully saturated rings. The Hall–Kier alpha value is -2.48. The Morgan fingerprint density at radius 2 is 2.12 bits per heavy atom. The lowest BCUT2D eigenvalue weighted by molar-refractivity contribution is -0.124. The Bertz CT molecular complexity index is 747. The van der Waals surface area contributed by atoms with Gasteiger partial charge in [-0.15, -0.1) is 0 Å². The summed E-state index contributed by atoms with van der Waals surface area (Å²) >= 11 is 0.893. The number of thioether (sulfide) groups is 1. The molecule has 132 valence electrons. The van der Waals surface area contributed by atoms with Crippen molar-refractivity contribution in [2.24, 2.45) is 0 Å². The minimum absolute atomic E-state index is 0.0784. The lowest BCUT2D eigenvalue weighted by Crippen LogP contribution is -2.37. The fraction of sp³-hybridized carbons (Fsp3) is 0.353. The van der Waals surface area contributed by atoms with Crippen LogP contribution in [0, 0.1) is 0 Å². The van der Waals surface area contributed by atoms with Gasteiger partial charge in [0.15, 0.2) is 11.5 Å². The minimum Gasteiger partial charge on any atom is -0.454 e. The molecule has 1 aromatic rings. The van der Waals surface area contributed by atoms with Crippen molar-refractivity contribution in [3.05, 3.63) is 28.7 Å². The molecule has 3 amide bonds. The molecule has 0 radical (unpaired) electrons. The van der Waals surface area contributed by atoms with Crippen LogP contribution in [0.4, 0.5) is 4.79 Å². The molecule has 2 aliphatic heterocycles. The van der Waals surface area contributed by atoms with E-state index in [1.54, 1.807) is 24.3 Å². The molecule has 0 bridgehead atoms. The predicted molar refractivity (Wildman–Crippen MR) is 93.2 cm³/mol. The van der Waals surface area contributed by atoms with Gasteiger partial charge in [-0.2, -0.15) is 0 Å². The van der Waals surface area contributed by atoms with Gasteiger partial charge < -0.3 is 14.8 Å². The van der Waals surface area contributed by atoms with E-state index in [4.69, 9.17) is 9.47 Å². The van der Waals surface area contributed by atoms with E-state index in [-0.39, 0.29) is 36.9 Å². The Labute approximate surface area is 149 Å². The largest absolute Gasteiger partial charge is 0.454 e. The summed E-state index contributed by atoms with van der Waals surface area (Å²) in [6, 6.07) is 5.33. The van der Waals surface area contributed by atoms with Gasteiger partial charge in [-0.05, 0) is 42.0 Å². The molecule has 1 saturated heterocycles. The molecule has 0 saturated carbocycles. The Morgan fingerprint density at radius 1 is 1.32 bits per heavy atom. The van der Waals surface area contributed by atoms with Crippen molar-refractivity contribution in [3.63, 3.8) is 0 Å². The first-order valence-corrected chi connectivity index (χ1v) is 8.82. The highest BCUT2D eigenvalue weighted by molar-refractivity contribution is 8.18. The van der Waals surface area contributed by atoms with Crippen LogP contribution in [0.1, 0.15) is 25.3 Å². The van der Waals surface area contributed by atoms with Crippen LogP contribution in [0.5, 0.6) is 11.5 Å². The van der Waals surface area contributed by atoms with E-state index in [0.29, 0.717) is 22.8 Å². The zero-order valence-electron chi connectivity index (χ0n) is 13.7. The van der Waals surface area contributed by atoms with Crippen LogP contribution in [-0.4, -0.2) is 41.8 Å². The second kappa shape index (κ2) is 7.60. The summed E-state index contributed by atoms with van der Waals surface area (Å²) in [5.41, 5.74) is 0.756. The third kappa shape index (κ3) is 3.96. The highest BCUT2D eigenvalue weighted by Gasteiger charge is 2.34. The Kier molecular flexibility index (Phi) is 5.28. The van der Waals surface area contributed by atoms with Gasteiger partial charge in [0.25, 0.3) is 11.1 Å². The third-order valence-electron chi connectivity index (χ3n) is 3.70. The van der Waals surface area contributed by atoms with Crippen molar-refractivity contribution in [1.82, 2.24) is 10.2 Å². The number of benzene rings is 1. The van der Waals surface area contributed by atoms with E-state index in [9.17, 15) is 14.4 Å². The molecule has 0 spiro atoms. The molecule has 0 aliphatic carbocycles. The number of nitrogens with zero attached hydrogens (tertiary/aromatic N) is 1. The second-order valence-electron chi connectivity index (χ2n) is 5.55. The average molecular weight is 362 g/mol. The fourth-order valence-corrected chi connectivity index (χ4v) is 3.33. The summed E-state index contributed by atoms with van der Waals surface area (Å²) in [5, 5.41) is 2.37. The number of carbonyl (C=O) groups excluding carboxylic acids is 3. The number of ether oxygens (including phenoxy) is 2. The van der Waals surface area contributed by atoms with Gasteiger partial charge in [-0.3, -0.25) is 19.3 Å². The van der Waals surface area contributed by atoms with Crippen molar-refractivity contribution >= 4 is 34.9 Å². The highest BCUT2D eigenvalue weighted by Crippen LogP contribution is 2.36. The lowest BCUT2D eigenvalue weighted by Gasteiger charge is -2.12. The molecule has 0 unspecified atom stereocenters. The molecule has 1 N–H and O–H groups in total. The standard InChI is InChI=1S/C17H18N2O5S/c1-2-3-15(20)18-6-7-19-16(21)14(25-17(19)22)9-11-4-5-12-13(8-11)24-10-23-12/h4-5,8-9H,2-3,6-7,10H2,1H3,(H,18,20)/b14-9-. The van der Waals surface area contributed by atoms with Crippen molar-refractivity contribution < 1.29 is 23.9 Å². The number of rotatable bonds is 6. The second-order valence-corrected chi connectivity index (χ2v) is 6.54. The minimum atomic E-state index is -0.350. The number of fused-ring (bicyclic) bond motifs is 1. The molecular formula is C17H18N2O5S. The first-order valence-electron chi connectivity index (χ1n) is 8.00. The van der Waals surface area contributed by atoms with E-state index in [0.717, 1.165) is 28.6 Å². The molecule has 1 aromatic carbocycles. The first kappa shape index (κ1) is 17.3. The summed E-state index contributed by atoms with van der Waals surface area (Å²) < 4.78 is 10.6. The number of hydrogen-bond donors (Lipinski definition) is 1. The normalized spacial score (nSPS) is 17.5. The third-order valence-corrected chi connectivity index (χ3v) is 4.61. The quantitative estimate of drug-likeness (QED) is 0.782. The van der Waals surface area contributed by atoms with Gasteiger partial charge in [0.05, 0.1) is 4.91 Å². The topological polar surface area (TPSA) is 84.9 Å². The van der Waals surface area contributed by atoms with Crippen molar-refractivity contribution in [2.45, 2.75) is 19.8 Å². The number of amides is 3. The van der Waals surface area contributed by atoms with Gasteiger partial charge in [0.2, 0.25) is 12.7 Å². The van der Waals surface area contributed by atoms with Gasteiger partial charge in [0.1, 0.15) is 0 Å². The number of carbonyl (C=O) groups is 3. The van der Waals surface area contributed by atoms with E-state index in [2.05, 4.69) is 5.32 Å². The molecule has 0 aromatic heterocycles. The summed E-state index contributed by atoms with van der Waals surface area (Å²) in [4.78, 5) is 37.4. The molecule has 8 heteroatoms. The van der Waals surface area contributed by atoms with E-state index >= 15 is 0 Å². The molecule has 25 heavy (non-hydrogen) atoms. The van der Waals surface area contributed by atoms with Crippen LogP contribution in [0.2, 0.25) is 0 Å². The van der Waals surface area contributed by atoms with Crippen LogP contribution in [0.15, 0.2) is 23.1 Å². The maximum atomic E-state index is 12.4. The van der Waals surface area contributed by atoms with Gasteiger partial charge >= 0.3 is 0 Å². The predicted octanol–water partition coefficient (Wildman–Crippen LogP) is 2.37. The van der Waals surface area contributed by atoms with Gasteiger partial charge in [-0.1, -0.05) is 13.0 Å². The molecule has 2 heterocycles. The molecular weight excluding hydrogens is 344 g/mol. The molecule has 3 rings (SSSR count). The van der Waals surface area contributed by atoms with Gasteiger partial charge in [0, 0.05) is 19.5 Å². The number of imide groups is 1. The molecule has 2 aliphatic rings. The fourth-order valence-electron chi connectivity index (χ4n) is 2.47. The first-order chi connectivity index (χ1) is 12.1. The van der Waals surface area contributed by atoms with Crippen LogP contribution in [0.25, 0.3) is 6.08 Å². The molecule has 0 atom stereocenters. The zero-order valence-corrected chi connectivity index (χ0v) is 14.6. The average Bonchev–Trinajstić information content (AvgIpc) is 3.14. The lowest BCUT2D eigenvalue weighted by atomic mass is 10.2. The SMILES string of the molecule is CCCC(=O)NCCN1C(=O)S/C(=C\c2ccc3c(c2)OCO3)C1=O. The number of hydrogen-bond acceptors (Lipinski definition) is 6. The van der Waals surface area contributed by atoms with E-state index < -0.39 is 0 Å². The summed E-state index contributed by atoms with van der Waals surface area (Å²) in [6.07, 6.45) is 2.85. The van der Waals surface area contributed by atoms with Crippen molar-refractivity contribution in [2.75, 3.05) is 19.9 Å². The van der Waals surface area contributed by atoms with E-state index in [1.165, 1.54) is 0 Å². The van der Waals surface area contributed by atoms with Crippen LogP contribution < -0.4 is 14.8 Å². The maximum absolute atomic E-state index is 12.4. The van der Waals surface area contributed by atoms with Crippen molar-refractivity contribution in [3.8, 4) is 11.5 Å². The number of nitrogens with one attached hydrogen (secondary N) is 1. The van der Waals surface area contributed by atoms with Crippen LogP contribution in [-0.2, 0) is 9.59 Å².